The molecule has 0 aromatic carbocycles. The molecule has 1 heterocycles. The Labute approximate surface area is 167 Å². The largest absolute Gasteiger partial charge is 0.385 e. The Hall–Kier alpha value is -0.810. The Morgan fingerprint density at radius 2 is 1.96 bits per heavy atom. The lowest BCUT2D eigenvalue weighted by Gasteiger charge is -2.33. The zero-order valence-corrected chi connectivity index (χ0v) is 18.2. The Morgan fingerprint density at radius 1 is 1.15 bits per heavy atom. The number of methoxy groups -OCH3 is 1. The van der Waals surface area contributed by atoms with Gasteiger partial charge in [0, 0.05) is 39.4 Å². The van der Waals surface area contributed by atoms with Crippen LogP contribution in [0.4, 0.5) is 0 Å². The molecule has 0 aromatic heterocycles. The average molecular weight is 381 g/mol. The van der Waals surface area contributed by atoms with Crippen LogP contribution in [-0.4, -0.2) is 63.3 Å². The molecule has 1 aliphatic heterocycles. The van der Waals surface area contributed by atoms with Crippen molar-refractivity contribution < 1.29 is 4.74 Å². The molecule has 0 amide bonds. The number of likely N-dealkylation sites (tertiary alicyclic amines) is 1. The number of piperidine rings is 1. The third-order valence-corrected chi connectivity index (χ3v) is 6.52. The zero-order chi connectivity index (χ0) is 19.4. The molecule has 5 heteroatoms. The molecule has 5 nitrogen and oxygen atoms in total. The lowest BCUT2D eigenvalue weighted by atomic mass is 9.83. The molecule has 2 N–H and O–H groups in total. The number of nitrogens with zero attached hydrogens (tertiary/aromatic N) is 2. The van der Waals surface area contributed by atoms with Gasteiger partial charge in [-0.1, -0.05) is 19.3 Å². The Bertz CT molecular complexity index is 421. The van der Waals surface area contributed by atoms with Crippen LogP contribution >= 0.6 is 0 Å². The van der Waals surface area contributed by atoms with Crippen molar-refractivity contribution in [2.24, 2.45) is 10.4 Å². The summed E-state index contributed by atoms with van der Waals surface area (Å²) in [5.41, 5.74) is 0.364. The summed E-state index contributed by atoms with van der Waals surface area (Å²) in [4.78, 5) is 7.62. The predicted octanol–water partition coefficient (Wildman–Crippen LogP) is 3.79. The van der Waals surface area contributed by atoms with Gasteiger partial charge in [0.1, 0.15) is 0 Å². The van der Waals surface area contributed by atoms with E-state index in [9.17, 15) is 0 Å². The van der Waals surface area contributed by atoms with E-state index in [0.717, 1.165) is 44.7 Å². The fraction of sp³-hybridized carbons (Fsp3) is 0.955. The monoisotopic (exact) mass is 380 g/mol. The van der Waals surface area contributed by atoms with Crippen LogP contribution in [0.25, 0.3) is 0 Å². The minimum absolute atomic E-state index is 0.364. The first kappa shape index (κ1) is 22.5. The van der Waals surface area contributed by atoms with E-state index in [0.29, 0.717) is 5.41 Å². The number of ether oxygens (including phenoxy) is 1. The topological polar surface area (TPSA) is 48.9 Å². The maximum absolute atomic E-state index is 5.35. The Morgan fingerprint density at radius 3 is 2.67 bits per heavy atom. The fourth-order valence-corrected chi connectivity index (χ4v) is 4.66. The minimum Gasteiger partial charge on any atom is -0.385 e. The maximum Gasteiger partial charge on any atom is 0.191 e. The van der Waals surface area contributed by atoms with Crippen molar-refractivity contribution in [3.05, 3.63) is 0 Å². The van der Waals surface area contributed by atoms with Gasteiger partial charge in [-0.15, -0.1) is 0 Å². The SMILES string of the molecule is CCNC(=NCC1(CCOC)CCCC1)NCCCCN1CCCCC1C. The summed E-state index contributed by atoms with van der Waals surface area (Å²) >= 11 is 0. The van der Waals surface area contributed by atoms with Gasteiger partial charge in [-0.25, -0.2) is 0 Å². The average Bonchev–Trinajstić information content (AvgIpc) is 3.15. The van der Waals surface area contributed by atoms with Crippen LogP contribution in [0.2, 0.25) is 0 Å². The zero-order valence-electron chi connectivity index (χ0n) is 18.2. The predicted molar refractivity (Wildman–Crippen MR) is 115 cm³/mol. The van der Waals surface area contributed by atoms with Crippen molar-refractivity contribution in [3.63, 3.8) is 0 Å². The normalized spacial score (nSPS) is 23.5. The molecule has 1 unspecified atom stereocenters. The van der Waals surface area contributed by atoms with Crippen molar-refractivity contribution in [2.45, 2.75) is 84.1 Å². The van der Waals surface area contributed by atoms with Gasteiger partial charge < -0.3 is 20.3 Å². The summed E-state index contributed by atoms with van der Waals surface area (Å²) in [6.45, 7) is 10.8. The van der Waals surface area contributed by atoms with Crippen LogP contribution in [0.5, 0.6) is 0 Å². The first-order valence-corrected chi connectivity index (χ1v) is 11.4. The van der Waals surface area contributed by atoms with E-state index in [4.69, 9.17) is 9.73 Å². The summed E-state index contributed by atoms with van der Waals surface area (Å²) in [5, 5.41) is 6.98. The lowest BCUT2D eigenvalue weighted by Crippen LogP contribution is -2.40. The summed E-state index contributed by atoms with van der Waals surface area (Å²) in [7, 11) is 1.81. The van der Waals surface area contributed by atoms with Gasteiger partial charge in [0.25, 0.3) is 0 Å². The molecule has 0 spiro atoms. The molecular weight excluding hydrogens is 336 g/mol. The Kier molecular flexibility index (Phi) is 10.5. The van der Waals surface area contributed by atoms with E-state index in [-0.39, 0.29) is 0 Å². The number of aliphatic imine (C=N–C) groups is 1. The van der Waals surface area contributed by atoms with Gasteiger partial charge in [0.05, 0.1) is 0 Å². The first-order valence-electron chi connectivity index (χ1n) is 11.4. The maximum atomic E-state index is 5.35. The van der Waals surface area contributed by atoms with Crippen molar-refractivity contribution in [3.8, 4) is 0 Å². The highest BCUT2D eigenvalue weighted by Gasteiger charge is 2.33. The second kappa shape index (κ2) is 12.6. The standard InChI is InChI=1S/C22H44N4O/c1-4-23-21(25-19-22(14-18-27-3)12-6-7-13-22)24-15-8-10-17-26-16-9-5-11-20(26)2/h20H,4-19H2,1-3H3,(H2,23,24,25). The van der Waals surface area contributed by atoms with Crippen LogP contribution < -0.4 is 10.6 Å². The van der Waals surface area contributed by atoms with E-state index in [1.807, 2.05) is 7.11 Å². The van der Waals surface area contributed by atoms with Crippen molar-refractivity contribution in [1.29, 1.82) is 0 Å². The quantitative estimate of drug-likeness (QED) is 0.325. The second-order valence-corrected chi connectivity index (χ2v) is 8.66. The van der Waals surface area contributed by atoms with Crippen molar-refractivity contribution >= 4 is 5.96 Å². The fourth-order valence-electron chi connectivity index (χ4n) is 4.66. The number of unbranched alkanes of at least 4 members (excludes halogenated alkanes) is 1. The van der Waals surface area contributed by atoms with E-state index in [2.05, 4.69) is 29.4 Å². The highest BCUT2D eigenvalue weighted by molar-refractivity contribution is 5.79. The van der Waals surface area contributed by atoms with Gasteiger partial charge in [0.15, 0.2) is 5.96 Å². The second-order valence-electron chi connectivity index (χ2n) is 8.66. The van der Waals surface area contributed by atoms with E-state index < -0.39 is 0 Å². The summed E-state index contributed by atoms with van der Waals surface area (Å²) in [6, 6.07) is 0.778. The molecule has 0 aromatic rings. The molecule has 27 heavy (non-hydrogen) atoms. The molecule has 158 valence electrons. The van der Waals surface area contributed by atoms with Gasteiger partial charge in [0.2, 0.25) is 0 Å². The number of guanidine groups is 1. The highest BCUT2D eigenvalue weighted by atomic mass is 16.5. The molecule has 2 aliphatic rings. The van der Waals surface area contributed by atoms with Crippen LogP contribution in [0.15, 0.2) is 4.99 Å². The van der Waals surface area contributed by atoms with Crippen LogP contribution in [-0.2, 0) is 4.74 Å². The third kappa shape index (κ3) is 7.98. The molecule has 0 radical (unpaired) electrons. The first-order chi connectivity index (χ1) is 13.2. The number of hydrogen-bond donors (Lipinski definition) is 2. The smallest absolute Gasteiger partial charge is 0.191 e. The molecule has 1 saturated carbocycles. The van der Waals surface area contributed by atoms with Gasteiger partial charge in [-0.3, -0.25) is 4.99 Å². The number of hydrogen-bond acceptors (Lipinski definition) is 3. The number of nitrogens with one attached hydrogen (secondary N) is 2. The molecular formula is C22H44N4O. The van der Waals surface area contributed by atoms with Gasteiger partial charge in [-0.05, 0) is 77.3 Å². The van der Waals surface area contributed by atoms with Crippen molar-refractivity contribution in [1.82, 2.24) is 15.5 Å². The summed E-state index contributed by atoms with van der Waals surface area (Å²) in [5.74, 6) is 0.993. The lowest BCUT2D eigenvalue weighted by molar-refractivity contribution is 0.141. The molecule has 2 fully saturated rings. The van der Waals surface area contributed by atoms with Crippen LogP contribution in [0.1, 0.15) is 78.1 Å². The number of rotatable bonds is 11. The molecule has 1 atom stereocenters. The minimum atomic E-state index is 0.364. The van der Waals surface area contributed by atoms with Gasteiger partial charge >= 0.3 is 0 Å². The molecule has 2 rings (SSSR count). The summed E-state index contributed by atoms with van der Waals surface area (Å²) < 4.78 is 5.35. The van der Waals surface area contributed by atoms with Crippen LogP contribution in [0, 0.1) is 5.41 Å². The van der Waals surface area contributed by atoms with E-state index in [1.54, 1.807) is 0 Å². The summed E-state index contributed by atoms with van der Waals surface area (Å²) in [6.07, 6.45) is 13.1. The molecule has 1 aliphatic carbocycles. The third-order valence-electron chi connectivity index (χ3n) is 6.52. The van der Waals surface area contributed by atoms with E-state index in [1.165, 1.54) is 70.9 Å². The van der Waals surface area contributed by atoms with E-state index >= 15 is 0 Å². The Balaban J connectivity index is 1.71. The van der Waals surface area contributed by atoms with Crippen molar-refractivity contribution in [2.75, 3.05) is 46.4 Å². The molecule has 0 bridgehead atoms. The van der Waals surface area contributed by atoms with Gasteiger partial charge in [-0.2, -0.15) is 0 Å². The highest BCUT2D eigenvalue weighted by Crippen LogP contribution is 2.41. The molecule has 1 saturated heterocycles. The van der Waals surface area contributed by atoms with Crippen LogP contribution in [0.3, 0.4) is 0 Å².